The van der Waals surface area contributed by atoms with Gasteiger partial charge in [0.1, 0.15) is 5.75 Å². The highest BCUT2D eigenvalue weighted by molar-refractivity contribution is 5.94. The summed E-state index contributed by atoms with van der Waals surface area (Å²) >= 11 is 0. The van der Waals surface area contributed by atoms with Crippen LogP contribution in [-0.4, -0.2) is 82.4 Å². The Labute approximate surface area is 141 Å². The normalized spacial score (nSPS) is 26.1. The minimum Gasteiger partial charge on any atom is -0.506 e. The molecule has 7 nitrogen and oxygen atoms in total. The van der Waals surface area contributed by atoms with Crippen LogP contribution in [0, 0.1) is 0 Å². The van der Waals surface area contributed by atoms with Crippen LogP contribution < -0.4 is 0 Å². The average Bonchev–Trinajstić information content (AvgIpc) is 2.77. The minimum atomic E-state index is -0.760. The number of carbonyl (C=O) groups excluding carboxylic acids is 1. The van der Waals surface area contributed by atoms with Gasteiger partial charge in [0.15, 0.2) is 0 Å². The summed E-state index contributed by atoms with van der Waals surface area (Å²) in [6.07, 6.45) is 4.78. The Bertz CT molecular complexity index is 577. The van der Waals surface area contributed by atoms with Crippen molar-refractivity contribution in [2.45, 2.75) is 24.9 Å². The molecule has 0 aliphatic carbocycles. The number of pyridine rings is 1. The number of aromatic nitrogens is 1. The number of aromatic hydroxyl groups is 1. The maximum absolute atomic E-state index is 12.6. The molecule has 0 radical (unpaired) electrons. The molecule has 0 saturated carbocycles. The molecule has 3 heterocycles. The van der Waals surface area contributed by atoms with Crippen molar-refractivity contribution in [2.24, 2.45) is 0 Å². The summed E-state index contributed by atoms with van der Waals surface area (Å²) in [5.41, 5.74) is -0.377. The monoisotopic (exact) mass is 335 g/mol. The fraction of sp³-hybridized carbons (Fsp3) is 0.647. The van der Waals surface area contributed by atoms with E-state index in [9.17, 15) is 15.0 Å². The largest absolute Gasteiger partial charge is 0.506 e. The Hall–Kier alpha value is -1.70. The second-order valence-corrected chi connectivity index (χ2v) is 6.69. The first kappa shape index (κ1) is 17.1. The van der Waals surface area contributed by atoms with E-state index in [1.54, 1.807) is 4.90 Å². The number of hydrogen-bond donors (Lipinski definition) is 2. The molecule has 1 unspecified atom stereocenters. The minimum absolute atomic E-state index is 0.0144. The first-order valence-electron chi connectivity index (χ1n) is 8.52. The Kier molecular flexibility index (Phi) is 5.33. The zero-order valence-electron chi connectivity index (χ0n) is 13.9. The van der Waals surface area contributed by atoms with Gasteiger partial charge in [0, 0.05) is 38.9 Å². The standard InChI is InChI=1S/C17H25N3O4/c21-15-10-14(11-18-12-15)16(22)20-4-1-2-17(23,3-5-20)13-19-6-8-24-9-7-19/h10-12,21,23H,1-9,13H2. The first-order chi connectivity index (χ1) is 11.6. The number of morpholine rings is 1. The molecule has 24 heavy (non-hydrogen) atoms. The van der Waals surface area contributed by atoms with Gasteiger partial charge in [0.2, 0.25) is 0 Å². The van der Waals surface area contributed by atoms with Gasteiger partial charge in [-0.1, -0.05) is 0 Å². The van der Waals surface area contributed by atoms with Gasteiger partial charge >= 0.3 is 0 Å². The lowest BCUT2D eigenvalue weighted by Crippen LogP contribution is -2.48. The highest BCUT2D eigenvalue weighted by Gasteiger charge is 2.34. The maximum atomic E-state index is 12.6. The summed E-state index contributed by atoms with van der Waals surface area (Å²) in [7, 11) is 0. The SMILES string of the molecule is O=C(c1cncc(O)c1)N1CCCC(O)(CN2CCOCC2)CC1. The fourth-order valence-electron chi connectivity index (χ4n) is 3.44. The summed E-state index contributed by atoms with van der Waals surface area (Å²) in [4.78, 5) is 20.4. The number of nitrogens with zero attached hydrogens (tertiary/aromatic N) is 3. The molecular formula is C17H25N3O4. The molecule has 1 atom stereocenters. The average molecular weight is 335 g/mol. The van der Waals surface area contributed by atoms with Crippen molar-refractivity contribution in [3.8, 4) is 5.75 Å². The number of rotatable bonds is 3. The van der Waals surface area contributed by atoms with Crippen LogP contribution in [0.3, 0.4) is 0 Å². The smallest absolute Gasteiger partial charge is 0.255 e. The summed E-state index contributed by atoms with van der Waals surface area (Å²) < 4.78 is 5.35. The van der Waals surface area contributed by atoms with Crippen LogP contribution in [0.5, 0.6) is 5.75 Å². The maximum Gasteiger partial charge on any atom is 0.255 e. The number of β-amino-alcohol motifs (C(OH)–C–C–N with tert-alkyl or cyclic N) is 1. The van der Waals surface area contributed by atoms with E-state index < -0.39 is 5.60 Å². The molecule has 132 valence electrons. The van der Waals surface area contributed by atoms with E-state index in [4.69, 9.17) is 4.74 Å². The van der Waals surface area contributed by atoms with Crippen LogP contribution in [-0.2, 0) is 4.74 Å². The predicted molar refractivity (Wildman–Crippen MR) is 87.9 cm³/mol. The highest BCUT2D eigenvalue weighted by atomic mass is 16.5. The van der Waals surface area contributed by atoms with Gasteiger partial charge in [-0.2, -0.15) is 0 Å². The quantitative estimate of drug-likeness (QED) is 0.835. The van der Waals surface area contributed by atoms with Gasteiger partial charge in [-0.05, 0) is 25.3 Å². The Morgan fingerprint density at radius 1 is 1.21 bits per heavy atom. The van der Waals surface area contributed by atoms with Crippen molar-refractivity contribution in [3.05, 3.63) is 24.0 Å². The topological polar surface area (TPSA) is 86.1 Å². The number of carbonyl (C=O) groups is 1. The van der Waals surface area contributed by atoms with Crippen LogP contribution in [0.2, 0.25) is 0 Å². The second kappa shape index (κ2) is 7.46. The van der Waals surface area contributed by atoms with Crippen molar-refractivity contribution in [1.82, 2.24) is 14.8 Å². The predicted octanol–water partition coefficient (Wildman–Crippen LogP) is 0.477. The number of amides is 1. The summed E-state index contributed by atoms with van der Waals surface area (Å²) in [5, 5.41) is 20.4. The molecule has 7 heteroatoms. The molecular weight excluding hydrogens is 310 g/mol. The summed E-state index contributed by atoms with van der Waals surface area (Å²) in [5.74, 6) is -0.159. The Morgan fingerprint density at radius 2 is 2.00 bits per heavy atom. The molecule has 2 saturated heterocycles. The van der Waals surface area contributed by atoms with Gasteiger partial charge in [0.05, 0.1) is 30.6 Å². The van der Waals surface area contributed by atoms with Crippen molar-refractivity contribution < 1.29 is 19.7 Å². The first-order valence-corrected chi connectivity index (χ1v) is 8.52. The van der Waals surface area contributed by atoms with Gasteiger partial charge in [-0.15, -0.1) is 0 Å². The Balaban J connectivity index is 1.60. The molecule has 1 amide bonds. The van der Waals surface area contributed by atoms with Crippen molar-refractivity contribution in [1.29, 1.82) is 0 Å². The summed E-state index contributed by atoms with van der Waals surface area (Å²) in [6, 6.07) is 1.43. The van der Waals surface area contributed by atoms with Crippen molar-refractivity contribution in [2.75, 3.05) is 45.9 Å². The molecule has 0 bridgehead atoms. The zero-order valence-corrected chi connectivity index (χ0v) is 13.9. The number of aliphatic hydroxyl groups is 1. The molecule has 3 rings (SSSR count). The fourth-order valence-corrected chi connectivity index (χ4v) is 3.44. The van der Waals surface area contributed by atoms with E-state index >= 15 is 0 Å². The van der Waals surface area contributed by atoms with Crippen LogP contribution in [0.1, 0.15) is 29.6 Å². The van der Waals surface area contributed by atoms with Crippen molar-refractivity contribution >= 4 is 5.91 Å². The highest BCUT2D eigenvalue weighted by Crippen LogP contribution is 2.25. The molecule has 2 aliphatic rings. The van der Waals surface area contributed by atoms with Crippen LogP contribution in [0.4, 0.5) is 0 Å². The number of hydrogen-bond acceptors (Lipinski definition) is 6. The van der Waals surface area contributed by atoms with Gasteiger partial charge < -0.3 is 19.8 Å². The second-order valence-electron chi connectivity index (χ2n) is 6.69. The van der Waals surface area contributed by atoms with Crippen LogP contribution in [0.25, 0.3) is 0 Å². The molecule has 0 spiro atoms. The Morgan fingerprint density at radius 3 is 2.75 bits per heavy atom. The third-order valence-electron chi connectivity index (χ3n) is 4.80. The lowest BCUT2D eigenvalue weighted by Gasteiger charge is -2.35. The van der Waals surface area contributed by atoms with Crippen LogP contribution >= 0.6 is 0 Å². The molecule has 0 aromatic carbocycles. The van der Waals surface area contributed by atoms with Gasteiger partial charge in [0.25, 0.3) is 5.91 Å². The molecule has 2 fully saturated rings. The van der Waals surface area contributed by atoms with Gasteiger partial charge in [-0.25, -0.2) is 0 Å². The molecule has 1 aromatic rings. The lowest BCUT2D eigenvalue weighted by atomic mass is 9.94. The third-order valence-corrected chi connectivity index (χ3v) is 4.80. The van der Waals surface area contributed by atoms with E-state index in [1.807, 2.05) is 0 Å². The number of ether oxygens (including phenoxy) is 1. The lowest BCUT2D eigenvalue weighted by molar-refractivity contribution is -0.0389. The zero-order chi connectivity index (χ0) is 17.0. The molecule has 2 aliphatic heterocycles. The van der Waals surface area contributed by atoms with E-state index in [0.29, 0.717) is 51.3 Å². The van der Waals surface area contributed by atoms with E-state index in [2.05, 4.69) is 9.88 Å². The number of likely N-dealkylation sites (tertiary alicyclic amines) is 1. The van der Waals surface area contributed by atoms with E-state index in [-0.39, 0.29) is 11.7 Å². The molecule has 2 N–H and O–H groups in total. The summed E-state index contributed by atoms with van der Waals surface area (Å²) in [6.45, 7) is 4.87. The van der Waals surface area contributed by atoms with E-state index in [0.717, 1.165) is 19.5 Å². The molecule has 1 aromatic heterocycles. The third kappa shape index (κ3) is 4.23. The van der Waals surface area contributed by atoms with Crippen LogP contribution in [0.15, 0.2) is 18.5 Å². The van der Waals surface area contributed by atoms with Gasteiger partial charge in [-0.3, -0.25) is 14.7 Å². The van der Waals surface area contributed by atoms with E-state index in [1.165, 1.54) is 18.5 Å². The van der Waals surface area contributed by atoms with Crippen molar-refractivity contribution in [3.63, 3.8) is 0 Å².